The Bertz CT molecular complexity index is 486. The lowest BCUT2D eigenvalue weighted by Gasteiger charge is -2.35. The Morgan fingerprint density at radius 3 is 1.80 bits per heavy atom. The van der Waals surface area contributed by atoms with Crippen molar-refractivity contribution >= 4 is 7.82 Å². The lowest BCUT2D eigenvalue weighted by atomic mass is 10.0. The van der Waals surface area contributed by atoms with Crippen LogP contribution in [0.25, 0.3) is 0 Å². The van der Waals surface area contributed by atoms with Crippen LogP contribution in [0.15, 0.2) is 12.2 Å². The standard InChI is InChI=1S/C24H48NO4P/c1-3-4-5-6-7-8-9-10-11-12-13-14-15-19-23-28-30(26,27)29-24-22-25(2)20-17-16-18-21-25/h16-17H,3-15,18-24H2,1-2H3/p+1. The molecule has 1 rings (SSSR count). The van der Waals surface area contributed by atoms with E-state index in [4.69, 9.17) is 9.05 Å². The van der Waals surface area contributed by atoms with Crippen LogP contribution in [0, 0.1) is 0 Å². The van der Waals surface area contributed by atoms with Crippen molar-refractivity contribution in [1.29, 1.82) is 0 Å². The molecule has 0 saturated carbocycles. The molecule has 1 aliphatic heterocycles. The first-order valence-corrected chi connectivity index (χ1v) is 14.1. The number of phosphoric ester groups is 1. The van der Waals surface area contributed by atoms with Gasteiger partial charge in [-0.05, 0) is 12.5 Å². The Hall–Kier alpha value is -0.190. The SMILES string of the molecule is CCCCCCCCCCCCCCCCOP(=O)(O)OCC[N+]1(C)CC=CCC1. The number of hydrogen-bond donors (Lipinski definition) is 1. The number of nitrogens with zero attached hydrogens (tertiary/aromatic N) is 1. The van der Waals surface area contributed by atoms with E-state index in [1.807, 2.05) is 0 Å². The minimum Gasteiger partial charge on any atom is -0.321 e. The molecule has 0 fully saturated rings. The molecule has 0 amide bonds. The number of phosphoric acid groups is 1. The van der Waals surface area contributed by atoms with Crippen LogP contribution in [0.4, 0.5) is 0 Å². The van der Waals surface area contributed by atoms with E-state index >= 15 is 0 Å². The highest BCUT2D eigenvalue weighted by Crippen LogP contribution is 2.43. The van der Waals surface area contributed by atoms with Crippen molar-refractivity contribution < 1.29 is 23.0 Å². The van der Waals surface area contributed by atoms with E-state index in [1.165, 1.54) is 77.0 Å². The van der Waals surface area contributed by atoms with Gasteiger partial charge in [0.2, 0.25) is 0 Å². The first-order valence-electron chi connectivity index (χ1n) is 12.6. The van der Waals surface area contributed by atoms with Gasteiger partial charge >= 0.3 is 7.82 Å². The number of quaternary nitrogens is 1. The molecule has 1 aliphatic rings. The average molecular weight is 447 g/mol. The summed E-state index contributed by atoms with van der Waals surface area (Å²) in [5, 5.41) is 0. The van der Waals surface area contributed by atoms with Crippen molar-refractivity contribution in [3.05, 3.63) is 12.2 Å². The van der Waals surface area contributed by atoms with E-state index in [0.717, 1.165) is 43.4 Å². The molecule has 178 valence electrons. The zero-order valence-electron chi connectivity index (χ0n) is 19.9. The maximum Gasteiger partial charge on any atom is 0.472 e. The number of likely N-dealkylation sites (N-methyl/N-ethyl adjacent to an activating group) is 1. The molecule has 0 bridgehead atoms. The first-order chi connectivity index (χ1) is 14.5. The molecular weight excluding hydrogens is 397 g/mol. The van der Waals surface area contributed by atoms with Crippen LogP contribution in [0.2, 0.25) is 0 Å². The average Bonchev–Trinajstić information content (AvgIpc) is 2.71. The van der Waals surface area contributed by atoms with Crippen LogP contribution in [-0.4, -0.2) is 49.3 Å². The van der Waals surface area contributed by atoms with Crippen LogP contribution < -0.4 is 0 Å². The molecule has 0 aromatic carbocycles. The summed E-state index contributed by atoms with van der Waals surface area (Å²) < 4.78 is 23.1. The second-order valence-electron chi connectivity index (χ2n) is 9.24. The molecule has 0 spiro atoms. The number of unbranched alkanes of at least 4 members (excludes halogenated alkanes) is 13. The predicted octanol–water partition coefficient (Wildman–Crippen LogP) is 7.01. The number of rotatable bonds is 20. The van der Waals surface area contributed by atoms with Gasteiger partial charge in [-0.3, -0.25) is 9.05 Å². The molecule has 0 aliphatic carbocycles. The van der Waals surface area contributed by atoms with Crippen molar-refractivity contribution in [2.45, 2.75) is 103 Å². The highest BCUT2D eigenvalue weighted by Gasteiger charge is 2.25. The van der Waals surface area contributed by atoms with Gasteiger partial charge in [0.25, 0.3) is 0 Å². The summed E-state index contributed by atoms with van der Waals surface area (Å²) in [4.78, 5) is 9.82. The number of hydrogen-bond acceptors (Lipinski definition) is 3. The third kappa shape index (κ3) is 15.6. The van der Waals surface area contributed by atoms with Gasteiger partial charge in [0.1, 0.15) is 13.2 Å². The van der Waals surface area contributed by atoms with E-state index in [0.29, 0.717) is 6.61 Å². The predicted molar refractivity (Wildman–Crippen MR) is 127 cm³/mol. The van der Waals surface area contributed by atoms with E-state index in [9.17, 15) is 9.46 Å². The van der Waals surface area contributed by atoms with Crippen LogP contribution in [0.3, 0.4) is 0 Å². The summed E-state index contributed by atoms with van der Waals surface area (Å²) in [7, 11) is -1.75. The lowest BCUT2D eigenvalue weighted by molar-refractivity contribution is -0.905. The normalized spacial score (nSPS) is 21.0. The summed E-state index contributed by atoms with van der Waals surface area (Å²) in [5.41, 5.74) is 0. The smallest absolute Gasteiger partial charge is 0.321 e. The second kappa shape index (κ2) is 17.4. The largest absolute Gasteiger partial charge is 0.472 e. The zero-order chi connectivity index (χ0) is 22.0. The van der Waals surface area contributed by atoms with Gasteiger partial charge in [0.05, 0.1) is 26.7 Å². The summed E-state index contributed by atoms with van der Waals surface area (Å²) in [6.45, 7) is 5.58. The minimum atomic E-state index is -3.90. The fraction of sp³-hybridized carbons (Fsp3) is 0.917. The molecule has 6 heteroatoms. The third-order valence-corrected chi connectivity index (χ3v) is 7.20. The summed E-state index contributed by atoms with van der Waals surface area (Å²) >= 11 is 0. The Balaban J connectivity index is 1.86. The molecule has 0 aromatic rings. The van der Waals surface area contributed by atoms with Crippen molar-refractivity contribution in [3.8, 4) is 0 Å². The van der Waals surface area contributed by atoms with Gasteiger partial charge in [-0.15, -0.1) is 0 Å². The molecule has 30 heavy (non-hydrogen) atoms. The van der Waals surface area contributed by atoms with E-state index in [2.05, 4.69) is 26.1 Å². The van der Waals surface area contributed by atoms with Crippen molar-refractivity contribution in [3.63, 3.8) is 0 Å². The molecule has 5 nitrogen and oxygen atoms in total. The Morgan fingerprint density at radius 2 is 1.30 bits per heavy atom. The summed E-state index contributed by atoms with van der Waals surface area (Å²) in [6.07, 6.45) is 23.5. The molecule has 2 atom stereocenters. The van der Waals surface area contributed by atoms with Crippen LogP contribution in [0.1, 0.15) is 103 Å². The Morgan fingerprint density at radius 1 is 0.800 bits per heavy atom. The maximum absolute atomic E-state index is 12.0. The first kappa shape index (κ1) is 27.8. The van der Waals surface area contributed by atoms with E-state index in [-0.39, 0.29) is 6.61 Å². The molecule has 0 aromatic heterocycles. The molecular formula is C24H49NO4P+. The van der Waals surface area contributed by atoms with E-state index < -0.39 is 7.82 Å². The van der Waals surface area contributed by atoms with Gasteiger partial charge < -0.3 is 9.38 Å². The highest BCUT2D eigenvalue weighted by atomic mass is 31.2. The highest BCUT2D eigenvalue weighted by molar-refractivity contribution is 7.47. The topological polar surface area (TPSA) is 55.8 Å². The molecule has 0 radical (unpaired) electrons. The second-order valence-corrected chi connectivity index (χ2v) is 10.7. The third-order valence-electron chi connectivity index (χ3n) is 6.19. The molecule has 1 N–H and O–H groups in total. The van der Waals surface area contributed by atoms with Crippen LogP contribution in [-0.2, 0) is 13.6 Å². The van der Waals surface area contributed by atoms with Gasteiger partial charge in [0, 0.05) is 6.42 Å². The van der Waals surface area contributed by atoms with Crippen LogP contribution >= 0.6 is 7.82 Å². The summed E-state index contributed by atoms with van der Waals surface area (Å²) in [6, 6.07) is 0. The van der Waals surface area contributed by atoms with E-state index in [1.54, 1.807) is 0 Å². The Labute approximate surface area is 186 Å². The van der Waals surface area contributed by atoms with Gasteiger partial charge in [-0.2, -0.15) is 0 Å². The fourth-order valence-electron chi connectivity index (χ4n) is 4.02. The lowest BCUT2D eigenvalue weighted by Crippen LogP contribution is -2.48. The van der Waals surface area contributed by atoms with Crippen molar-refractivity contribution in [1.82, 2.24) is 0 Å². The fourth-order valence-corrected chi connectivity index (χ4v) is 4.76. The van der Waals surface area contributed by atoms with Crippen molar-refractivity contribution in [2.75, 3.05) is 39.9 Å². The summed E-state index contributed by atoms with van der Waals surface area (Å²) in [5.74, 6) is 0. The molecule has 2 unspecified atom stereocenters. The van der Waals surface area contributed by atoms with Gasteiger partial charge in [-0.1, -0.05) is 96.5 Å². The zero-order valence-corrected chi connectivity index (χ0v) is 20.8. The van der Waals surface area contributed by atoms with Crippen molar-refractivity contribution in [2.24, 2.45) is 0 Å². The van der Waals surface area contributed by atoms with Gasteiger partial charge in [0.15, 0.2) is 0 Å². The maximum atomic E-state index is 12.0. The van der Waals surface area contributed by atoms with Crippen LogP contribution in [0.5, 0.6) is 0 Å². The minimum absolute atomic E-state index is 0.261. The molecule has 0 saturated heterocycles. The molecule has 1 heterocycles. The monoisotopic (exact) mass is 446 g/mol. The Kier molecular flexibility index (Phi) is 16.1. The van der Waals surface area contributed by atoms with Gasteiger partial charge in [-0.25, -0.2) is 4.57 Å². The quantitative estimate of drug-likeness (QED) is 0.0946.